The normalized spacial score (nSPS) is 19.5. The summed E-state index contributed by atoms with van der Waals surface area (Å²) in [6, 6.07) is 34.7. The molecule has 6 aromatic rings. The monoisotopic (exact) mass is 1190 g/mol. The van der Waals surface area contributed by atoms with Gasteiger partial charge in [0.05, 0.1) is 40.3 Å². The maximum absolute atomic E-state index is 14.6. The molecule has 1 N–H and O–H groups in total. The number of nitrogens with zero attached hydrogens (tertiary/aromatic N) is 8. The van der Waals surface area contributed by atoms with Crippen LogP contribution in [0.2, 0.25) is 0 Å². The van der Waals surface area contributed by atoms with Crippen LogP contribution in [0.15, 0.2) is 122 Å². The molecule has 17 nitrogen and oxygen atoms in total. The van der Waals surface area contributed by atoms with E-state index >= 15 is 0 Å². The number of likely N-dealkylation sites (tertiary alicyclic amines) is 2. The van der Waals surface area contributed by atoms with Crippen molar-refractivity contribution in [1.29, 1.82) is 0 Å². The van der Waals surface area contributed by atoms with Crippen LogP contribution in [0.3, 0.4) is 0 Å². The molecule has 6 heterocycles. The average Bonchev–Trinajstić information content (AvgIpc) is 4.39. The van der Waals surface area contributed by atoms with Crippen molar-refractivity contribution < 1.29 is 36.0 Å². The minimum Gasteiger partial charge on any atom is -0.341 e. The molecule has 0 bridgehead atoms. The summed E-state index contributed by atoms with van der Waals surface area (Å²) in [6.45, 7) is 6.86. The Kier molecular flexibility index (Phi) is 19.2. The lowest BCUT2D eigenvalue weighted by Gasteiger charge is -2.33. The summed E-state index contributed by atoms with van der Waals surface area (Å²) in [5, 5.41) is 4.81. The third-order valence-electron chi connectivity index (χ3n) is 16.4. The van der Waals surface area contributed by atoms with Gasteiger partial charge in [-0.2, -0.15) is 8.61 Å². The lowest BCUT2D eigenvalue weighted by atomic mass is 9.91. The smallest absolute Gasteiger partial charge is 0.250 e. The van der Waals surface area contributed by atoms with E-state index in [9.17, 15) is 36.0 Å². The number of sulfonamides is 2. The van der Waals surface area contributed by atoms with Gasteiger partial charge in [-0.1, -0.05) is 109 Å². The molecule has 4 aromatic carbocycles. The van der Waals surface area contributed by atoms with Gasteiger partial charge < -0.3 is 24.9 Å². The van der Waals surface area contributed by atoms with E-state index in [2.05, 4.69) is 63.6 Å². The van der Waals surface area contributed by atoms with Crippen LogP contribution in [0.1, 0.15) is 103 Å². The van der Waals surface area contributed by atoms with Crippen molar-refractivity contribution in [2.24, 2.45) is 0 Å². The molecule has 2 aromatic heterocycles. The highest BCUT2D eigenvalue weighted by Gasteiger charge is 2.39. The lowest BCUT2D eigenvalue weighted by Crippen LogP contribution is -2.48. The molecule has 0 radical (unpaired) electrons. The van der Waals surface area contributed by atoms with Crippen LogP contribution in [0.5, 0.6) is 0 Å². The number of carbonyl (C=O) groups excluding carboxylic acids is 4. The number of nitrogens with one attached hydrogen (secondary N) is 1. The topological polar surface area (TPSA) is 194 Å². The number of aromatic nitrogens is 2. The highest BCUT2D eigenvalue weighted by Crippen LogP contribution is 2.42. The molecule has 4 aliphatic rings. The molecule has 3 amide bonds. The number of hydrogen-bond donors (Lipinski definition) is 1. The van der Waals surface area contributed by atoms with Gasteiger partial charge in [-0.05, 0) is 85.0 Å². The second-order valence-corrected chi connectivity index (χ2v) is 28.1. The Morgan fingerprint density at radius 1 is 0.537 bits per heavy atom. The van der Waals surface area contributed by atoms with E-state index in [1.807, 2.05) is 82.9 Å². The minimum atomic E-state index is -3.22. The van der Waals surface area contributed by atoms with Crippen molar-refractivity contribution in [3.63, 3.8) is 0 Å². The molecular weight excluding hydrogens is 1110 g/mol. The zero-order chi connectivity index (χ0) is 57.4. The van der Waals surface area contributed by atoms with Gasteiger partial charge in [0.15, 0.2) is 0 Å². The number of rotatable bonds is 22. The van der Waals surface area contributed by atoms with E-state index in [1.54, 1.807) is 22.7 Å². The Morgan fingerprint density at radius 3 is 1.43 bits per heavy atom. The number of carbonyl (C=O) groups is 4. The summed E-state index contributed by atoms with van der Waals surface area (Å²) in [4.78, 5) is 76.0. The molecule has 21 heteroatoms. The summed E-state index contributed by atoms with van der Waals surface area (Å²) in [5.41, 5.74) is 5.76. The number of Topliss-reactive ketones (excluding diaryl/α,β-unsaturated/α-hetero) is 1. The number of thiazole rings is 2. The van der Waals surface area contributed by atoms with Gasteiger partial charge in [0.2, 0.25) is 37.8 Å². The van der Waals surface area contributed by atoms with Gasteiger partial charge in [-0.25, -0.2) is 26.8 Å². The predicted octanol–water partition coefficient (Wildman–Crippen LogP) is 8.24. The van der Waals surface area contributed by atoms with Crippen LogP contribution in [-0.2, 0) is 39.2 Å². The predicted molar refractivity (Wildman–Crippen MR) is 322 cm³/mol. The zero-order valence-corrected chi connectivity index (χ0v) is 49.9. The lowest BCUT2D eigenvalue weighted by molar-refractivity contribution is -0.137. The molecule has 0 saturated carbocycles. The molecule has 434 valence electrons. The number of amides is 3. The third-order valence-corrected chi connectivity index (χ3v) is 21.3. The Bertz CT molecular complexity index is 3160. The summed E-state index contributed by atoms with van der Waals surface area (Å²) >= 11 is 3.19. The van der Waals surface area contributed by atoms with Crippen LogP contribution in [0.25, 0.3) is 32.0 Å². The molecule has 4 fully saturated rings. The first-order valence-corrected chi connectivity index (χ1v) is 33.9. The van der Waals surface area contributed by atoms with Gasteiger partial charge in [0, 0.05) is 97.1 Å². The largest absolute Gasteiger partial charge is 0.341 e. The van der Waals surface area contributed by atoms with Crippen LogP contribution in [0.4, 0.5) is 0 Å². The van der Waals surface area contributed by atoms with Gasteiger partial charge in [0.1, 0.15) is 21.8 Å². The zero-order valence-electron chi connectivity index (χ0n) is 46.7. The minimum absolute atomic E-state index is 0.0445. The van der Waals surface area contributed by atoms with Crippen LogP contribution >= 0.6 is 22.7 Å². The van der Waals surface area contributed by atoms with Crippen molar-refractivity contribution in [2.75, 3.05) is 91.0 Å². The van der Waals surface area contributed by atoms with Crippen molar-refractivity contribution in [2.45, 2.75) is 81.8 Å². The number of benzene rings is 4. The van der Waals surface area contributed by atoms with E-state index in [4.69, 9.17) is 9.97 Å². The van der Waals surface area contributed by atoms with E-state index in [-0.39, 0.29) is 48.4 Å². The number of hydrogen-bond acceptors (Lipinski definition) is 14. The Morgan fingerprint density at radius 2 is 0.963 bits per heavy atom. The molecule has 4 atom stereocenters. The number of piperazine rings is 2. The van der Waals surface area contributed by atoms with Crippen molar-refractivity contribution in [3.05, 3.63) is 143 Å². The quantitative estimate of drug-likeness (QED) is 0.0686. The van der Waals surface area contributed by atoms with Crippen LogP contribution in [-0.4, -0.2) is 170 Å². The molecular formula is C61H73N9O8S4. The molecule has 0 spiro atoms. The summed E-state index contributed by atoms with van der Waals surface area (Å²) < 4.78 is 50.8. The Balaban J connectivity index is 0.733. The Hall–Kier alpha value is -6.04. The first kappa shape index (κ1) is 59.1. The second kappa shape index (κ2) is 26.7. The fourth-order valence-corrected chi connectivity index (χ4v) is 15.6. The molecule has 4 saturated heterocycles. The average molecular weight is 1190 g/mol. The molecule has 0 aliphatic carbocycles. The van der Waals surface area contributed by atoms with Crippen molar-refractivity contribution in [1.82, 2.24) is 43.5 Å². The first-order chi connectivity index (χ1) is 39.6. The third kappa shape index (κ3) is 14.6. The van der Waals surface area contributed by atoms with Gasteiger partial charge >= 0.3 is 0 Å². The van der Waals surface area contributed by atoms with E-state index in [1.165, 1.54) is 21.1 Å². The highest BCUT2D eigenvalue weighted by atomic mass is 32.2. The molecule has 10 rings (SSSR count). The van der Waals surface area contributed by atoms with Crippen LogP contribution < -0.4 is 5.32 Å². The second-order valence-electron chi connectivity index (χ2n) is 22.0. The maximum atomic E-state index is 14.6. The summed E-state index contributed by atoms with van der Waals surface area (Å²) in [7, 11) is -6.43. The van der Waals surface area contributed by atoms with Crippen molar-refractivity contribution in [3.8, 4) is 32.0 Å². The fourth-order valence-electron chi connectivity index (χ4n) is 11.8. The van der Waals surface area contributed by atoms with E-state index < -0.39 is 32.0 Å². The SMILES string of the molecule is CS(=O)(=O)N1CCN(CCCC(=O)C[C@@H](C(=O)N2CCC[C@H]2c2ncc(-c3ccc(-c4ccc(-c5cnc([C@@H]6CCCN6C(=O)[C@H](NC(=O)CCCN6CCN(S(C)(=O)=O)CC6)c6ccccc6)s5)cc4)cc3)s2)c2ccccc2)CC1. The van der Waals surface area contributed by atoms with E-state index in [0.29, 0.717) is 97.8 Å². The van der Waals surface area contributed by atoms with Gasteiger partial charge in [-0.15, -0.1) is 22.7 Å². The first-order valence-electron chi connectivity index (χ1n) is 28.6. The van der Waals surface area contributed by atoms with Gasteiger partial charge in [-0.3, -0.25) is 19.2 Å². The maximum Gasteiger partial charge on any atom is 0.250 e. The van der Waals surface area contributed by atoms with Crippen molar-refractivity contribution >= 4 is 66.2 Å². The molecule has 82 heavy (non-hydrogen) atoms. The molecule has 4 aliphatic heterocycles. The van der Waals surface area contributed by atoms with E-state index in [0.717, 1.165) is 78.8 Å². The van der Waals surface area contributed by atoms with Gasteiger partial charge in [0.25, 0.3) is 0 Å². The summed E-state index contributed by atoms with van der Waals surface area (Å²) in [5.74, 6) is -0.944. The summed E-state index contributed by atoms with van der Waals surface area (Å²) in [6.07, 6.45) is 11.5. The fraction of sp³-hybridized carbons (Fsp3) is 0.443. The standard InChI is InChI=1S/C61H73N9O8S4/c1-81(75,76)67-37-33-65(34-38-67)29-9-17-50(71)41-51(46-13-5-3-6-14-46)60(73)69-31-10-18-52(69)58-62-42-54(79-58)47-25-21-44(22-26-47)45-23-27-48(28-24-45)55-43-63-59(80-55)53-19-11-32-70(53)61(74)57(49-15-7-4-8-16-49)64-56(72)20-12-30-66-35-39-68(40-36-66)82(2,77)78/h3-8,13-16,21-28,42-43,51-53,57H,9-12,17-20,29-41H2,1-2H3,(H,64,72)/t51-,52+,53+,57-/m1/s1. The molecule has 0 unspecified atom stereocenters. The van der Waals surface area contributed by atoms with Crippen LogP contribution in [0, 0.1) is 0 Å². The highest BCUT2D eigenvalue weighted by molar-refractivity contribution is 7.88. The Labute approximate surface area is 490 Å². The number of ketones is 1.